The van der Waals surface area contributed by atoms with Crippen LogP contribution in [0.2, 0.25) is 0 Å². The summed E-state index contributed by atoms with van der Waals surface area (Å²) in [7, 11) is -1.45. The van der Waals surface area contributed by atoms with Crippen molar-refractivity contribution in [1.29, 1.82) is 0 Å². The summed E-state index contributed by atoms with van der Waals surface area (Å²) in [6, 6.07) is 0.184. The van der Waals surface area contributed by atoms with Crippen molar-refractivity contribution in [3.05, 3.63) is 0 Å². The van der Waals surface area contributed by atoms with Crippen molar-refractivity contribution in [3.63, 3.8) is 0 Å². The van der Waals surface area contributed by atoms with Crippen molar-refractivity contribution in [2.75, 3.05) is 39.1 Å². The van der Waals surface area contributed by atoms with Gasteiger partial charge in [-0.2, -0.15) is 0 Å². The Balaban J connectivity index is 1.94. The van der Waals surface area contributed by atoms with Crippen LogP contribution in [0.4, 0.5) is 0 Å². The number of hydrogen-bond donors (Lipinski definition) is 0. The summed E-state index contributed by atoms with van der Waals surface area (Å²) >= 11 is 0. The minimum Gasteiger partial charge on any atom is -0.383 e. The number of carbonyl (C=O) groups is 1. The van der Waals surface area contributed by atoms with E-state index in [-0.39, 0.29) is 23.6 Å². The standard InChI is InChI=1S/C15H28N2O4S/c1-3-22(19,20)16-10-7-13(8-11-16)15(18)17-9-5-4-6-14(17)12-21-2/h13-14H,3-12H2,1-2H3. The highest BCUT2D eigenvalue weighted by Crippen LogP contribution is 2.26. The Bertz CT molecular complexity index is 470. The predicted octanol–water partition coefficient (Wildman–Crippen LogP) is 1.08. The number of nitrogens with zero attached hydrogens (tertiary/aromatic N) is 2. The van der Waals surface area contributed by atoms with Gasteiger partial charge in [0.15, 0.2) is 0 Å². The second kappa shape index (κ2) is 7.75. The number of ether oxygens (including phenoxy) is 1. The molecule has 1 amide bonds. The Morgan fingerprint density at radius 1 is 1.14 bits per heavy atom. The molecule has 1 atom stereocenters. The van der Waals surface area contributed by atoms with E-state index >= 15 is 0 Å². The Morgan fingerprint density at radius 2 is 1.82 bits per heavy atom. The Morgan fingerprint density at radius 3 is 2.41 bits per heavy atom. The van der Waals surface area contributed by atoms with Gasteiger partial charge in [0, 0.05) is 32.7 Å². The van der Waals surface area contributed by atoms with Crippen LogP contribution in [0.5, 0.6) is 0 Å². The molecule has 0 radical (unpaired) electrons. The van der Waals surface area contributed by atoms with E-state index in [9.17, 15) is 13.2 Å². The predicted molar refractivity (Wildman–Crippen MR) is 85.0 cm³/mol. The molecule has 1 unspecified atom stereocenters. The van der Waals surface area contributed by atoms with Gasteiger partial charge in [0.25, 0.3) is 0 Å². The lowest BCUT2D eigenvalue weighted by Gasteiger charge is -2.39. The number of likely N-dealkylation sites (tertiary alicyclic amines) is 1. The lowest BCUT2D eigenvalue weighted by Crippen LogP contribution is -2.50. The molecule has 2 aliphatic rings. The average Bonchev–Trinajstić information content (AvgIpc) is 2.55. The zero-order chi connectivity index (χ0) is 16.2. The zero-order valence-corrected chi connectivity index (χ0v) is 14.5. The number of rotatable bonds is 5. The summed E-state index contributed by atoms with van der Waals surface area (Å²) in [5.41, 5.74) is 0. The summed E-state index contributed by atoms with van der Waals surface area (Å²) in [5.74, 6) is 0.282. The largest absolute Gasteiger partial charge is 0.383 e. The number of carbonyl (C=O) groups excluding carboxylic acids is 1. The molecule has 6 nitrogen and oxygen atoms in total. The Kier molecular flexibility index (Phi) is 6.23. The second-order valence-electron chi connectivity index (χ2n) is 6.21. The average molecular weight is 332 g/mol. The maximum absolute atomic E-state index is 12.8. The fourth-order valence-electron chi connectivity index (χ4n) is 3.45. The third-order valence-corrected chi connectivity index (χ3v) is 6.71. The first-order valence-corrected chi connectivity index (χ1v) is 9.87. The van der Waals surface area contributed by atoms with Gasteiger partial charge in [-0.3, -0.25) is 4.79 Å². The van der Waals surface area contributed by atoms with Crippen LogP contribution in [-0.4, -0.2) is 68.7 Å². The molecule has 2 rings (SSSR count). The molecule has 0 N–H and O–H groups in total. The highest BCUT2D eigenvalue weighted by molar-refractivity contribution is 7.89. The van der Waals surface area contributed by atoms with Crippen molar-refractivity contribution in [2.45, 2.75) is 45.1 Å². The van der Waals surface area contributed by atoms with E-state index in [4.69, 9.17) is 4.74 Å². The van der Waals surface area contributed by atoms with Crippen LogP contribution in [0.1, 0.15) is 39.0 Å². The van der Waals surface area contributed by atoms with Crippen LogP contribution >= 0.6 is 0 Å². The Hall–Kier alpha value is -0.660. The molecular formula is C15H28N2O4S. The summed E-state index contributed by atoms with van der Waals surface area (Å²) in [5, 5.41) is 0. The number of methoxy groups -OCH3 is 1. The van der Waals surface area contributed by atoms with Gasteiger partial charge < -0.3 is 9.64 Å². The third kappa shape index (κ3) is 4.00. The fraction of sp³-hybridized carbons (Fsp3) is 0.933. The molecule has 0 aliphatic carbocycles. The quantitative estimate of drug-likeness (QED) is 0.755. The summed E-state index contributed by atoms with van der Waals surface area (Å²) in [6.45, 7) is 4.00. The molecule has 2 aliphatic heterocycles. The number of amides is 1. The highest BCUT2D eigenvalue weighted by Gasteiger charge is 2.35. The van der Waals surface area contributed by atoms with Gasteiger partial charge in [0.1, 0.15) is 0 Å². The normalized spacial score (nSPS) is 25.4. The van der Waals surface area contributed by atoms with Gasteiger partial charge in [0.2, 0.25) is 15.9 Å². The third-order valence-electron chi connectivity index (χ3n) is 4.83. The van der Waals surface area contributed by atoms with Gasteiger partial charge >= 0.3 is 0 Å². The second-order valence-corrected chi connectivity index (χ2v) is 8.47. The number of piperidine rings is 2. The number of sulfonamides is 1. The highest BCUT2D eigenvalue weighted by atomic mass is 32.2. The minimum atomic E-state index is -3.13. The lowest BCUT2D eigenvalue weighted by atomic mass is 9.93. The maximum Gasteiger partial charge on any atom is 0.226 e. The molecule has 2 heterocycles. The first-order valence-electron chi connectivity index (χ1n) is 8.26. The molecule has 128 valence electrons. The van der Waals surface area contributed by atoms with Crippen molar-refractivity contribution < 1.29 is 17.9 Å². The molecule has 2 fully saturated rings. The molecule has 0 spiro atoms. The van der Waals surface area contributed by atoms with Crippen LogP contribution in [0.3, 0.4) is 0 Å². The van der Waals surface area contributed by atoms with Gasteiger partial charge in [-0.1, -0.05) is 0 Å². The smallest absolute Gasteiger partial charge is 0.226 e. The Labute approximate surface area is 133 Å². The first-order chi connectivity index (χ1) is 10.5. The van der Waals surface area contributed by atoms with E-state index in [2.05, 4.69) is 0 Å². The summed E-state index contributed by atoms with van der Waals surface area (Å²) < 4.78 is 30.5. The molecular weight excluding hydrogens is 304 g/mol. The molecule has 0 aromatic rings. The van der Waals surface area contributed by atoms with E-state index in [0.29, 0.717) is 32.5 Å². The lowest BCUT2D eigenvalue weighted by molar-refractivity contribution is -0.141. The monoisotopic (exact) mass is 332 g/mol. The van der Waals surface area contributed by atoms with E-state index in [1.165, 1.54) is 4.31 Å². The fourth-order valence-corrected chi connectivity index (χ4v) is 4.59. The van der Waals surface area contributed by atoms with Crippen molar-refractivity contribution >= 4 is 15.9 Å². The molecule has 22 heavy (non-hydrogen) atoms. The van der Waals surface area contributed by atoms with E-state index in [0.717, 1.165) is 25.8 Å². The molecule has 0 saturated carbocycles. The molecule has 7 heteroatoms. The molecule has 0 bridgehead atoms. The van der Waals surface area contributed by atoms with Gasteiger partial charge in [-0.15, -0.1) is 0 Å². The van der Waals surface area contributed by atoms with Gasteiger partial charge in [-0.25, -0.2) is 12.7 Å². The molecule has 0 aromatic carbocycles. The zero-order valence-electron chi connectivity index (χ0n) is 13.7. The van der Waals surface area contributed by atoms with E-state index < -0.39 is 10.0 Å². The van der Waals surface area contributed by atoms with Crippen LogP contribution in [-0.2, 0) is 19.6 Å². The number of hydrogen-bond acceptors (Lipinski definition) is 4. The van der Waals surface area contributed by atoms with Crippen LogP contribution in [0, 0.1) is 5.92 Å². The topological polar surface area (TPSA) is 66.9 Å². The van der Waals surface area contributed by atoms with E-state index in [1.807, 2.05) is 4.90 Å². The molecule has 2 saturated heterocycles. The van der Waals surface area contributed by atoms with Gasteiger partial charge in [-0.05, 0) is 39.0 Å². The SMILES string of the molecule is CCS(=O)(=O)N1CCC(C(=O)N2CCCCC2COC)CC1. The van der Waals surface area contributed by atoms with E-state index in [1.54, 1.807) is 14.0 Å². The van der Waals surface area contributed by atoms with Crippen molar-refractivity contribution in [2.24, 2.45) is 5.92 Å². The van der Waals surface area contributed by atoms with Crippen LogP contribution in [0.25, 0.3) is 0 Å². The van der Waals surface area contributed by atoms with Crippen molar-refractivity contribution in [3.8, 4) is 0 Å². The van der Waals surface area contributed by atoms with Gasteiger partial charge in [0.05, 0.1) is 18.4 Å². The maximum atomic E-state index is 12.8. The summed E-state index contributed by atoms with van der Waals surface area (Å²) in [4.78, 5) is 14.7. The first kappa shape index (κ1) is 17.7. The van der Waals surface area contributed by atoms with Crippen molar-refractivity contribution in [1.82, 2.24) is 9.21 Å². The van der Waals surface area contributed by atoms with Crippen LogP contribution < -0.4 is 0 Å². The minimum absolute atomic E-state index is 0.0410. The summed E-state index contributed by atoms with van der Waals surface area (Å²) in [6.07, 6.45) is 4.46. The van der Waals surface area contributed by atoms with Crippen LogP contribution in [0.15, 0.2) is 0 Å². The molecule has 0 aromatic heterocycles.